The van der Waals surface area contributed by atoms with E-state index in [0.717, 1.165) is 0 Å². The van der Waals surface area contributed by atoms with Gasteiger partial charge in [0, 0.05) is 20.9 Å². The van der Waals surface area contributed by atoms with Gasteiger partial charge < -0.3 is 5.11 Å². The predicted molar refractivity (Wildman–Crippen MR) is 72.4 cm³/mol. The molecule has 0 saturated heterocycles. The highest BCUT2D eigenvalue weighted by atomic mass is 35.5. The van der Waals surface area contributed by atoms with Crippen LogP contribution in [0.1, 0.15) is 0 Å². The SMILES string of the molecule is [O-]c1nn(-c2cccc(Cl)c2)n[n+]1-c1cccc(Cl)c1. The van der Waals surface area contributed by atoms with Gasteiger partial charge in [-0.05, 0) is 30.3 Å². The zero-order valence-corrected chi connectivity index (χ0v) is 11.6. The summed E-state index contributed by atoms with van der Waals surface area (Å²) in [6.45, 7) is 0. The predicted octanol–water partition coefficient (Wildman–Crippen LogP) is 1.92. The Balaban J connectivity index is 2.08. The van der Waals surface area contributed by atoms with E-state index in [-0.39, 0.29) is 0 Å². The Morgan fingerprint density at radius 2 is 1.70 bits per heavy atom. The van der Waals surface area contributed by atoms with E-state index in [9.17, 15) is 5.11 Å². The fourth-order valence-electron chi connectivity index (χ4n) is 1.75. The second kappa shape index (κ2) is 5.11. The number of benzene rings is 2. The van der Waals surface area contributed by atoms with E-state index >= 15 is 0 Å². The average molecular weight is 307 g/mol. The van der Waals surface area contributed by atoms with Crippen molar-refractivity contribution in [2.75, 3.05) is 0 Å². The molecule has 1 heterocycles. The first kappa shape index (κ1) is 12.9. The lowest BCUT2D eigenvalue weighted by Crippen LogP contribution is -2.36. The lowest BCUT2D eigenvalue weighted by molar-refractivity contribution is -0.704. The minimum Gasteiger partial charge on any atom is -0.816 e. The number of rotatable bonds is 2. The highest BCUT2D eigenvalue weighted by Gasteiger charge is 2.15. The Bertz CT molecular complexity index is 773. The minimum absolute atomic E-state index is 0.493. The zero-order valence-electron chi connectivity index (χ0n) is 10.1. The molecule has 0 aliphatic rings. The summed E-state index contributed by atoms with van der Waals surface area (Å²) in [5, 5.41) is 20.9. The quantitative estimate of drug-likeness (QED) is 0.680. The average Bonchev–Trinajstić information content (AvgIpc) is 2.81. The molecule has 0 unspecified atom stereocenters. The van der Waals surface area contributed by atoms with E-state index < -0.39 is 6.01 Å². The summed E-state index contributed by atoms with van der Waals surface area (Å²) in [7, 11) is 0. The summed E-state index contributed by atoms with van der Waals surface area (Å²) in [5.41, 5.74) is 1.16. The molecule has 100 valence electrons. The first-order chi connectivity index (χ1) is 9.63. The normalized spacial score (nSPS) is 10.7. The van der Waals surface area contributed by atoms with Gasteiger partial charge in [-0.15, -0.1) is 4.68 Å². The lowest BCUT2D eigenvalue weighted by Gasteiger charge is -1.98. The van der Waals surface area contributed by atoms with Gasteiger partial charge in [0.15, 0.2) is 5.69 Å². The highest BCUT2D eigenvalue weighted by Crippen LogP contribution is 2.14. The van der Waals surface area contributed by atoms with Crippen LogP contribution in [0.25, 0.3) is 11.4 Å². The molecule has 2 aromatic carbocycles. The number of aromatic nitrogens is 4. The molecule has 0 saturated carbocycles. The van der Waals surface area contributed by atoms with E-state index in [1.165, 1.54) is 9.48 Å². The maximum atomic E-state index is 11.9. The summed E-state index contributed by atoms with van der Waals surface area (Å²) in [6, 6.07) is 13.3. The first-order valence-electron chi connectivity index (χ1n) is 5.72. The largest absolute Gasteiger partial charge is 0.816 e. The second-order valence-corrected chi connectivity index (χ2v) is 4.91. The highest BCUT2D eigenvalue weighted by molar-refractivity contribution is 6.31. The summed E-state index contributed by atoms with van der Waals surface area (Å²) >= 11 is 11.8. The molecular weight excluding hydrogens is 299 g/mol. The summed E-state index contributed by atoms with van der Waals surface area (Å²) in [6.07, 6.45) is 0. The molecule has 20 heavy (non-hydrogen) atoms. The topological polar surface area (TPSA) is 57.7 Å². The molecular formula is C13H8Cl2N4O. The molecule has 0 aliphatic heterocycles. The number of hydrogen-bond donors (Lipinski definition) is 0. The summed E-state index contributed by atoms with van der Waals surface area (Å²) < 4.78 is 1.17. The van der Waals surface area contributed by atoms with E-state index in [1.54, 1.807) is 48.5 Å². The van der Waals surface area contributed by atoms with Gasteiger partial charge in [-0.3, -0.25) is 0 Å². The molecule has 0 spiro atoms. The van der Waals surface area contributed by atoms with E-state index in [4.69, 9.17) is 23.2 Å². The van der Waals surface area contributed by atoms with E-state index in [1.807, 2.05) is 0 Å². The minimum atomic E-state index is -0.493. The molecule has 0 radical (unpaired) electrons. The van der Waals surface area contributed by atoms with Crippen molar-refractivity contribution in [3.63, 3.8) is 0 Å². The molecule has 7 heteroatoms. The zero-order chi connectivity index (χ0) is 14.1. The standard InChI is InChI=1S/C13H8Cl2N4O/c14-9-3-1-5-11(7-9)18-13(20)16-19(17-18)12-6-2-4-10(15)8-12/h1-8H. The number of tetrazole rings is 1. The van der Waals surface area contributed by atoms with Gasteiger partial charge in [-0.25, -0.2) is 0 Å². The Morgan fingerprint density at radius 1 is 1.00 bits per heavy atom. The fourth-order valence-corrected chi connectivity index (χ4v) is 2.12. The van der Waals surface area contributed by atoms with Crippen molar-refractivity contribution in [1.82, 2.24) is 15.1 Å². The van der Waals surface area contributed by atoms with Gasteiger partial charge in [-0.1, -0.05) is 35.3 Å². The molecule has 1 aromatic heterocycles. The lowest BCUT2D eigenvalue weighted by atomic mass is 10.3. The van der Waals surface area contributed by atoms with Gasteiger partial charge >= 0.3 is 0 Å². The van der Waals surface area contributed by atoms with Gasteiger partial charge in [-0.2, -0.15) is 0 Å². The summed E-state index contributed by atoms with van der Waals surface area (Å²) in [5.74, 6) is 0. The van der Waals surface area contributed by atoms with Crippen LogP contribution >= 0.6 is 23.2 Å². The van der Waals surface area contributed by atoms with Crippen LogP contribution < -0.4 is 9.79 Å². The van der Waals surface area contributed by atoms with Crippen molar-refractivity contribution in [2.24, 2.45) is 0 Å². The fraction of sp³-hybridized carbons (Fsp3) is 0. The van der Waals surface area contributed by atoms with Crippen LogP contribution in [0.3, 0.4) is 0 Å². The van der Waals surface area contributed by atoms with Gasteiger partial charge in [0.1, 0.15) is 5.69 Å². The van der Waals surface area contributed by atoms with Crippen molar-refractivity contribution in [3.05, 3.63) is 58.6 Å². The number of nitrogens with zero attached hydrogens (tertiary/aromatic N) is 4. The van der Waals surface area contributed by atoms with Crippen molar-refractivity contribution < 1.29 is 9.79 Å². The van der Waals surface area contributed by atoms with Crippen LogP contribution in [0.15, 0.2) is 48.5 Å². The van der Waals surface area contributed by atoms with Crippen LogP contribution in [-0.2, 0) is 0 Å². The third kappa shape index (κ3) is 2.45. The molecule has 0 bridgehead atoms. The van der Waals surface area contributed by atoms with Crippen molar-refractivity contribution in [2.45, 2.75) is 0 Å². The van der Waals surface area contributed by atoms with Gasteiger partial charge in [0.2, 0.25) is 0 Å². The number of hydrogen-bond acceptors (Lipinski definition) is 3. The van der Waals surface area contributed by atoms with Crippen molar-refractivity contribution >= 4 is 23.2 Å². The third-order valence-corrected chi connectivity index (χ3v) is 3.10. The van der Waals surface area contributed by atoms with Crippen LogP contribution in [0.5, 0.6) is 6.01 Å². The monoisotopic (exact) mass is 306 g/mol. The van der Waals surface area contributed by atoms with Gasteiger partial charge in [0.05, 0.1) is 10.3 Å². The molecule has 0 aliphatic carbocycles. The maximum Gasteiger partial charge on any atom is 0.272 e. The molecule has 0 fully saturated rings. The Hall–Kier alpha value is -2.11. The molecule has 5 nitrogen and oxygen atoms in total. The Kier molecular flexibility index (Phi) is 3.30. The van der Waals surface area contributed by atoms with Crippen LogP contribution in [0.2, 0.25) is 10.0 Å². The van der Waals surface area contributed by atoms with Crippen LogP contribution in [-0.4, -0.2) is 15.1 Å². The molecule has 0 N–H and O–H groups in total. The van der Waals surface area contributed by atoms with Gasteiger partial charge in [0.25, 0.3) is 6.01 Å². The van der Waals surface area contributed by atoms with Crippen LogP contribution in [0, 0.1) is 0 Å². The van der Waals surface area contributed by atoms with E-state index in [0.29, 0.717) is 21.4 Å². The van der Waals surface area contributed by atoms with Crippen molar-refractivity contribution in [1.29, 1.82) is 0 Å². The molecule has 3 aromatic rings. The molecule has 3 rings (SSSR count). The number of halogens is 2. The Morgan fingerprint density at radius 3 is 2.40 bits per heavy atom. The maximum absolute atomic E-state index is 11.9. The Labute approximate surface area is 124 Å². The third-order valence-electron chi connectivity index (χ3n) is 2.63. The second-order valence-electron chi connectivity index (χ2n) is 4.03. The van der Waals surface area contributed by atoms with Crippen molar-refractivity contribution in [3.8, 4) is 17.4 Å². The molecule has 0 amide bonds. The summed E-state index contributed by atoms with van der Waals surface area (Å²) in [4.78, 5) is 1.23. The molecule has 0 atom stereocenters. The van der Waals surface area contributed by atoms with E-state index in [2.05, 4.69) is 10.3 Å². The smallest absolute Gasteiger partial charge is 0.272 e. The van der Waals surface area contributed by atoms with Crippen LogP contribution in [0.4, 0.5) is 0 Å². The first-order valence-corrected chi connectivity index (χ1v) is 6.48.